The lowest BCUT2D eigenvalue weighted by atomic mass is 10.5. The highest BCUT2D eigenvalue weighted by molar-refractivity contribution is 7.08. The first-order valence-corrected chi connectivity index (χ1v) is 5.90. The number of hydrogen-bond donors (Lipinski definition) is 0. The van der Waals surface area contributed by atoms with Gasteiger partial charge in [0.2, 0.25) is 0 Å². The maximum Gasteiger partial charge on any atom is 0.175 e. The first-order valence-electron chi connectivity index (χ1n) is 1.88. The van der Waals surface area contributed by atoms with Crippen LogP contribution in [-0.4, -0.2) is 17.7 Å². The van der Waals surface area contributed by atoms with Crippen molar-refractivity contribution < 1.29 is 0 Å². The van der Waals surface area contributed by atoms with Gasteiger partial charge in [-0.15, -0.1) is 0 Å². The van der Waals surface area contributed by atoms with E-state index in [0.29, 0.717) is 17.7 Å². The third-order valence-corrected chi connectivity index (χ3v) is 5.95. The van der Waals surface area contributed by atoms with Crippen LogP contribution in [0.15, 0.2) is 0 Å². The standard InChI is InChI=1S/C3H6Cl2Si2/c1-3(2,6-4)7-5/h1-2H3. The van der Waals surface area contributed by atoms with Gasteiger partial charge in [0.15, 0.2) is 17.7 Å². The Labute approximate surface area is 58.6 Å². The van der Waals surface area contributed by atoms with E-state index in [1.54, 1.807) is 0 Å². The molecule has 0 fully saturated rings. The van der Waals surface area contributed by atoms with E-state index in [1.807, 2.05) is 0 Å². The molecule has 0 unspecified atom stereocenters. The van der Waals surface area contributed by atoms with Gasteiger partial charge < -0.3 is 0 Å². The van der Waals surface area contributed by atoms with Crippen molar-refractivity contribution in [3.63, 3.8) is 0 Å². The lowest BCUT2D eigenvalue weighted by Crippen LogP contribution is -2.12. The largest absolute Gasteiger partial charge is 0.175 e. The Kier molecular flexibility index (Phi) is 3.57. The fourth-order valence-electron chi connectivity index (χ4n) is 0.0179. The predicted octanol–water partition coefficient (Wildman–Crippen LogP) is 1.86. The quantitative estimate of drug-likeness (QED) is 0.437. The third kappa shape index (κ3) is 3.58. The normalized spacial score (nSPS) is 12.0. The lowest BCUT2D eigenvalue weighted by Gasteiger charge is -2.12. The van der Waals surface area contributed by atoms with Crippen molar-refractivity contribution in [2.45, 2.75) is 18.5 Å². The predicted molar refractivity (Wildman–Crippen MR) is 37.3 cm³/mol. The summed E-state index contributed by atoms with van der Waals surface area (Å²) in [6, 6.07) is 0. The van der Waals surface area contributed by atoms with Crippen molar-refractivity contribution >= 4 is 39.8 Å². The van der Waals surface area contributed by atoms with Crippen LogP contribution in [0.5, 0.6) is 0 Å². The third-order valence-electron chi connectivity index (χ3n) is 0.472. The molecule has 0 bridgehead atoms. The molecule has 0 aliphatic carbocycles. The van der Waals surface area contributed by atoms with E-state index in [0.717, 1.165) is 0 Å². The molecule has 4 radical (unpaired) electrons. The Morgan fingerprint density at radius 2 is 1.43 bits per heavy atom. The van der Waals surface area contributed by atoms with E-state index in [4.69, 9.17) is 22.2 Å². The Morgan fingerprint density at radius 3 is 1.43 bits per heavy atom. The minimum absolute atomic E-state index is 0.170. The molecular formula is C3H6Cl2Si2. The summed E-state index contributed by atoms with van der Waals surface area (Å²) in [6.45, 7) is 4.12. The van der Waals surface area contributed by atoms with Crippen LogP contribution in [0.3, 0.4) is 0 Å². The Morgan fingerprint density at radius 1 is 1.14 bits per heavy atom. The zero-order chi connectivity index (χ0) is 5.91. The summed E-state index contributed by atoms with van der Waals surface area (Å²) in [4.78, 5) is 0. The highest BCUT2D eigenvalue weighted by Gasteiger charge is 2.16. The van der Waals surface area contributed by atoms with Crippen LogP contribution in [-0.2, 0) is 0 Å². The highest BCUT2D eigenvalue weighted by atomic mass is 35.6. The molecule has 0 heterocycles. The molecule has 4 heteroatoms. The van der Waals surface area contributed by atoms with Gasteiger partial charge in [-0.25, -0.2) is 0 Å². The van der Waals surface area contributed by atoms with E-state index in [2.05, 4.69) is 13.8 Å². The van der Waals surface area contributed by atoms with Gasteiger partial charge in [0.1, 0.15) is 0 Å². The first-order chi connectivity index (χ1) is 3.12. The minimum Gasteiger partial charge on any atom is -0.171 e. The van der Waals surface area contributed by atoms with Gasteiger partial charge in [0.05, 0.1) is 0 Å². The van der Waals surface area contributed by atoms with E-state index < -0.39 is 0 Å². The molecule has 0 saturated heterocycles. The van der Waals surface area contributed by atoms with Crippen LogP contribution in [0.1, 0.15) is 13.8 Å². The molecule has 0 nitrogen and oxygen atoms in total. The van der Waals surface area contributed by atoms with Gasteiger partial charge in [0, 0.05) is 0 Å². The second-order valence-electron chi connectivity index (χ2n) is 1.81. The van der Waals surface area contributed by atoms with E-state index in [-0.39, 0.29) is 4.66 Å². The summed E-state index contributed by atoms with van der Waals surface area (Å²) >= 11 is 11.1. The first kappa shape index (κ1) is 8.01. The van der Waals surface area contributed by atoms with Crippen LogP contribution in [0, 0.1) is 0 Å². The molecule has 0 aromatic rings. The second-order valence-corrected chi connectivity index (χ2v) is 6.33. The maximum atomic E-state index is 5.54. The molecule has 0 amide bonds. The van der Waals surface area contributed by atoms with Gasteiger partial charge in [0.25, 0.3) is 0 Å². The van der Waals surface area contributed by atoms with Crippen LogP contribution in [0.2, 0.25) is 4.66 Å². The lowest BCUT2D eigenvalue weighted by molar-refractivity contribution is 0.962. The molecule has 0 aliphatic heterocycles. The van der Waals surface area contributed by atoms with Crippen molar-refractivity contribution in [1.82, 2.24) is 0 Å². The van der Waals surface area contributed by atoms with Crippen molar-refractivity contribution in [2.75, 3.05) is 0 Å². The van der Waals surface area contributed by atoms with Crippen LogP contribution < -0.4 is 0 Å². The van der Waals surface area contributed by atoms with E-state index >= 15 is 0 Å². The average Bonchev–Trinajstić information content (AvgIpc) is 1.68. The smallest absolute Gasteiger partial charge is 0.171 e. The van der Waals surface area contributed by atoms with E-state index in [9.17, 15) is 0 Å². The summed E-state index contributed by atoms with van der Waals surface area (Å²) < 4.78 is 0.170. The highest BCUT2D eigenvalue weighted by Crippen LogP contribution is 2.22. The van der Waals surface area contributed by atoms with Crippen LogP contribution in [0.4, 0.5) is 0 Å². The summed E-state index contributed by atoms with van der Waals surface area (Å²) in [5.74, 6) is 0. The fourth-order valence-corrected chi connectivity index (χ4v) is 1.45. The van der Waals surface area contributed by atoms with Crippen molar-refractivity contribution in [2.24, 2.45) is 0 Å². The van der Waals surface area contributed by atoms with Crippen molar-refractivity contribution in [3.8, 4) is 0 Å². The molecule has 0 aromatic carbocycles. The van der Waals surface area contributed by atoms with Crippen molar-refractivity contribution in [3.05, 3.63) is 0 Å². The Bertz CT molecular complexity index is 48.9. The van der Waals surface area contributed by atoms with Crippen molar-refractivity contribution in [1.29, 1.82) is 0 Å². The second kappa shape index (κ2) is 3.12. The molecule has 0 aliphatic rings. The molecule has 0 atom stereocenters. The molecule has 0 spiro atoms. The zero-order valence-corrected chi connectivity index (χ0v) is 7.77. The summed E-state index contributed by atoms with van der Waals surface area (Å²) in [7, 11) is 0.874. The molecule has 40 valence electrons. The van der Waals surface area contributed by atoms with Crippen LogP contribution in [0.25, 0.3) is 0 Å². The summed E-state index contributed by atoms with van der Waals surface area (Å²) in [6.07, 6.45) is 0. The summed E-state index contributed by atoms with van der Waals surface area (Å²) in [5.41, 5.74) is 0. The molecule has 0 N–H and O–H groups in total. The van der Waals surface area contributed by atoms with Gasteiger partial charge in [-0.2, -0.15) is 22.2 Å². The molecular weight excluding hydrogens is 163 g/mol. The SMILES string of the molecule is CC(C)([Si]Cl)[Si]Cl. The Hall–Kier alpha value is 1.01. The number of halogens is 2. The van der Waals surface area contributed by atoms with Gasteiger partial charge in [-0.3, -0.25) is 0 Å². The molecule has 0 saturated carbocycles. The average molecular weight is 169 g/mol. The Balaban J connectivity index is 3.36. The fraction of sp³-hybridized carbons (Fsp3) is 1.00. The minimum atomic E-state index is 0.170. The molecule has 7 heavy (non-hydrogen) atoms. The number of hydrogen-bond acceptors (Lipinski definition) is 0. The summed E-state index contributed by atoms with van der Waals surface area (Å²) in [5, 5.41) is 0. The van der Waals surface area contributed by atoms with Crippen LogP contribution >= 0.6 is 22.2 Å². The molecule has 0 aromatic heterocycles. The topological polar surface area (TPSA) is 0 Å². The monoisotopic (exact) mass is 168 g/mol. The molecule has 0 rings (SSSR count). The van der Waals surface area contributed by atoms with E-state index in [1.165, 1.54) is 0 Å². The zero-order valence-electron chi connectivity index (χ0n) is 4.26. The maximum absolute atomic E-state index is 5.54. The van der Waals surface area contributed by atoms with Gasteiger partial charge >= 0.3 is 0 Å². The number of rotatable bonds is 2. The van der Waals surface area contributed by atoms with Gasteiger partial charge in [-0.1, -0.05) is 13.8 Å². The van der Waals surface area contributed by atoms with Gasteiger partial charge in [-0.05, 0) is 4.66 Å².